The van der Waals surface area contributed by atoms with Crippen molar-refractivity contribution >= 4 is 29.8 Å². The summed E-state index contributed by atoms with van der Waals surface area (Å²) in [7, 11) is -3.07. The first-order valence-electron chi connectivity index (χ1n) is 4.97. The third-order valence-corrected chi connectivity index (χ3v) is 5.26. The summed E-state index contributed by atoms with van der Waals surface area (Å²) in [6.07, 6.45) is 1.38. The zero-order valence-electron chi connectivity index (χ0n) is 8.93. The fourth-order valence-corrected chi connectivity index (χ4v) is 3.59. The Bertz CT molecular complexity index is 683. The normalized spacial score (nSPS) is 16.8. The molecule has 9 heteroatoms. The van der Waals surface area contributed by atoms with E-state index < -0.39 is 34.7 Å². The lowest BCUT2D eigenvalue weighted by molar-refractivity contribution is 0.555. The maximum Gasteiger partial charge on any atom is 0.261 e. The molecule has 0 aliphatic heterocycles. The van der Waals surface area contributed by atoms with Gasteiger partial charge in [-0.05, 0) is 31.0 Å². The van der Waals surface area contributed by atoms with E-state index in [4.69, 9.17) is 10.7 Å². The highest BCUT2D eigenvalue weighted by molar-refractivity contribution is 8.13. The highest BCUT2D eigenvalue weighted by Crippen LogP contribution is 2.25. The number of benzene rings is 1. The second-order valence-corrected chi connectivity index (χ2v) is 8.17. The number of sulfonamides is 1. The van der Waals surface area contributed by atoms with Gasteiger partial charge in [-0.3, -0.25) is 0 Å². The minimum absolute atomic E-state index is 0.203. The molecule has 0 aromatic heterocycles. The predicted molar refractivity (Wildman–Crippen MR) is 62.8 cm³/mol. The molecule has 100 valence electrons. The van der Waals surface area contributed by atoms with Crippen LogP contribution in [0.5, 0.6) is 0 Å². The van der Waals surface area contributed by atoms with Gasteiger partial charge in [0.05, 0.1) is 4.90 Å². The smallest absolute Gasteiger partial charge is 0.208 e. The molecule has 0 spiro atoms. The monoisotopic (exact) mass is 313 g/mol. The Balaban J connectivity index is 2.49. The molecule has 1 aromatic carbocycles. The van der Waals surface area contributed by atoms with Crippen molar-refractivity contribution in [2.24, 2.45) is 0 Å². The van der Waals surface area contributed by atoms with Crippen LogP contribution in [-0.4, -0.2) is 22.9 Å². The van der Waals surface area contributed by atoms with Crippen molar-refractivity contribution in [1.29, 1.82) is 0 Å². The van der Waals surface area contributed by atoms with Gasteiger partial charge >= 0.3 is 0 Å². The molecule has 0 amide bonds. The van der Waals surface area contributed by atoms with Gasteiger partial charge in [-0.15, -0.1) is 0 Å². The highest BCUT2D eigenvalue weighted by atomic mass is 35.7. The van der Waals surface area contributed by atoms with Crippen molar-refractivity contribution in [1.82, 2.24) is 4.72 Å². The third-order valence-electron chi connectivity index (χ3n) is 2.37. The molecule has 1 aliphatic rings. The second-order valence-electron chi connectivity index (χ2n) is 3.93. The van der Waals surface area contributed by atoms with Gasteiger partial charge < -0.3 is 0 Å². The maximum atomic E-state index is 13.5. The average molecular weight is 314 g/mol. The van der Waals surface area contributed by atoms with E-state index in [0.717, 1.165) is 12.1 Å². The average Bonchev–Trinajstić information content (AvgIpc) is 2.99. The van der Waals surface area contributed by atoms with Crippen molar-refractivity contribution in [2.75, 3.05) is 0 Å². The molecule has 0 heterocycles. The number of halogens is 2. The Hall–Kier alpha value is -0.700. The number of hydrogen-bond donors (Lipinski definition) is 1. The van der Waals surface area contributed by atoms with Gasteiger partial charge in [-0.25, -0.2) is 25.9 Å². The Morgan fingerprint density at radius 1 is 1.22 bits per heavy atom. The van der Waals surface area contributed by atoms with Crippen molar-refractivity contribution in [3.8, 4) is 0 Å². The summed E-state index contributed by atoms with van der Waals surface area (Å²) in [6, 6.07) is 2.18. The largest absolute Gasteiger partial charge is 0.261 e. The predicted octanol–water partition coefficient (Wildman–Crippen LogP) is 1.19. The van der Waals surface area contributed by atoms with E-state index in [1.165, 1.54) is 0 Å². The molecular formula is C9H9ClFNO4S2. The molecule has 1 fully saturated rings. The van der Waals surface area contributed by atoms with Crippen molar-refractivity contribution in [3.05, 3.63) is 24.0 Å². The second kappa shape index (κ2) is 4.44. The molecule has 5 nitrogen and oxygen atoms in total. The Labute approximate surface area is 108 Å². The summed E-state index contributed by atoms with van der Waals surface area (Å²) >= 11 is 0. The zero-order valence-corrected chi connectivity index (χ0v) is 11.3. The van der Waals surface area contributed by atoms with Crippen LogP contribution in [0.4, 0.5) is 4.39 Å². The van der Waals surface area contributed by atoms with E-state index in [9.17, 15) is 21.2 Å². The zero-order chi connectivity index (χ0) is 13.6. The molecular weight excluding hydrogens is 305 g/mol. The van der Waals surface area contributed by atoms with E-state index in [-0.39, 0.29) is 6.04 Å². The van der Waals surface area contributed by atoms with Crippen LogP contribution in [0.15, 0.2) is 28.0 Å². The summed E-state index contributed by atoms with van der Waals surface area (Å²) in [5.74, 6) is -1.02. The minimum Gasteiger partial charge on any atom is -0.208 e. The number of rotatable bonds is 4. The molecule has 0 radical (unpaired) electrons. The molecule has 0 saturated heterocycles. The molecule has 1 N–H and O–H groups in total. The molecule has 1 saturated carbocycles. The molecule has 18 heavy (non-hydrogen) atoms. The van der Waals surface area contributed by atoms with Crippen molar-refractivity contribution in [3.63, 3.8) is 0 Å². The molecule has 2 rings (SSSR count). The topological polar surface area (TPSA) is 80.3 Å². The SMILES string of the molecule is O=S(=O)(Cl)c1ccc(F)c(S(=O)(=O)NC2CC2)c1. The number of nitrogens with one attached hydrogen (secondary N) is 1. The lowest BCUT2D eigenvalue weighted by Gasteiger charge is -2.07. The Kier molecular flexibility index (Phi) is 3.39. The highest BCUT2D eigenvalue weighted by Gasteiger charge is 2.30. The first-order valence-corrected chi connectivity index (χ1v) is 8.76. The van der Waals surface area contributed by atoms with Crippen LogP contribution in [-0.2, 0) is 19.1 Å². The lowest BCUT2D eigenvalue weighted by atomic mass is 10.3. The van der Waals surface area contributed by atoms with Gasteiger partial charge in [-0.2, -0.15) is 0 Å². The van der Waals surface area contributed by atoms with Gasteiger partial charge in [0.25, 0.3) is 9.05 Å². The maximum absolute atomic E-state index is 13.5. The van der Waals surface area contributed by atoms with E-state index in [0.29, 0.717) is 18.9 Å². The van der Waals surface area contributed by atoms with Crippen LogP contribution in [0.2, 0.25) is 0 Å². The van der Waals surface area contributed by atoms with E-state index in [1.807, 2.05) is 0 Å². The fourth-order valence-electron chi connectivity index (χ4n) is 1.33. The fraction of sp³-hybridized carbons (Fsp3) is 0.333. The van der Waals surface area contributed by atoms with Gasteiger partial charge in [0.1, 0.15) is 10.7 Å². The quantitative estimate of drug-likeness (QED) is 0.847. The summed E-state index contributed by atoms with van der Waals surface area (Å²) < 4.78 is 61.5. The van der Waals surface area contributed by atoms with Crippen molar-refractivity contribution in [2.45, 2.75) is 28.7 Å². The van der Waals surface area contributed by atoms with Gasteiger partial charge in [0, 0.05) is 16.7 Å². The van der Waals surface area contributed by atoms with Crippen LogP contribution in [0.25, 0.3) is 0 Å². The van der Waals surface area contributed by atoms with E-state index >= 15 is 0 Å². The third kappa shape index (κ3) is 3.00. The van der Waals surface area contributed by atoms with Gasteiger partial charge in [0.15, 0.2) is 0 Å². The van der Waals surface area contributed by atoms with Gasteiger partial charge in [-0.1, -0.05) is 0 Å². The first kappa shape index (κ1) is 13.7. The van der Waals surface area contributed by atoms with E-state index in [1.54, 1.807) is 0 Å². The van der Waals surface area contributed by atoms with Crippen LogP contribution in [0, 0.1) is 5.82 Å². The summed E-state index contributed by atoms with van der Waals surface area (Å²) in [4.78, 5) is -1.17. The molecule has 0 atom stereocenters. The standard InChI is InChI=1S/C9H9ClFNO4S2/c10-17(13,14)7-3-4-8(11)9(5-7)18(15,16)12-6-1-2-6/h3-6,12H,1-2H2. The van der Waals surface area contributed by atoms with Crippen LogP contribution in [0.3, 0.4) is 0 Å². The molecule has 0 unspecified atom stereocenters. The first-order chi connectivity index (χ1) is 8.20. The van der Waals surface area contributed by atoms with Crippen molar-refractivity contribution < 1.29 is 21.2 Å². The Morgan fingerprint density at radius 2 is 1.83 bits per heavy atom. The number of hydrogen-bond acceptors (Lipinski definition) is 4. The summed E-state index contributed by atoms with van der Waals surface area (Å²) in [6.45, 7) is 0. The van der Waals surface area contributed by atoms with Crippen LogP contribution in [0.1, 0.15) is 12.8 Å². The Morgan fingerprint density at radius 3 is 2.33 bits per heavy atom. The van der Waals surface area contributed by atoms with Crippen LogP contribution < -0.4 is 4.72 Å². The molecule has 0 bridgehead atoms. The van der Waals surface area contributed by atoms with Gasteiger partial charge in [0.2, 0.25) is 10.0 Å². The minimum atomic E-state index is -4.10. The van der Waals surface area contributed by atoms with Crippen LogP contribution >= 0.6 is 10.7 Å². The molecule has 1 aromatic rings. The summed E-state index contributed by atoms with van der Waals surface area (Å²) in [5.41, 5.74) is 0. The summed E-state index contributed by atoms with van der Waals surface area (Å²) in [5, 5.41) is 0. The van der Waals surface area contributed by atoms with E-state index in [2.05, 4.69) is 4.72 Å². The molecule has 1 aliphatic carbocycles. The lowest BCUT2D eigenvalue weighted by Crippen LogP contribution is -2.26.